The van der Waals surface area contributed by atoms with Gasteiger partial charge in [-0.3, -0.25) is 4.79 Å². The van der Waals surface area contributed by atoms with Crippen LogP contribution in [0.25, 0.3) is 0 Å². The summed E-state index contributed by atoms with van der Waals surface area (Å²) in [4.78, 5) is 14.2. The number of nitrogen functional groups attached to an aromatic ring is 1. The molecule has 0 aromatic heterocycles. The molecular formula is C16H16N2O. The van der Waals surface area contributed by atoms with Crippen LogP contribution in [0, 0.1) is 0 Å². The fraction of sp³-hybridized carbons (Fsp3) is 0.0625. The van der Waals surface area contributed by atoms with Crippen molar-refractivity contribution in [2.75, 3.05) is 17.2 Å². The molecule has 2 rings (SSSR count). The van der Waals surface area contributed by atoms with Crippen molar-refractivity contribution in [3.05, 3.63) is 72.8 Å². The minimum atomic E-state index is -0.121. The number of carbonyl (C=O) groups is 1. The molecule has 0 atom stereocenters. The molecule has 3 nitrogen and oxygen atoms in total. The number of amides is 1. The first kappa shape index (κ1) is 12.9. The number of rotatable bonds is 4. The highest BCUT2D eigenvalue weighted by atomic mass is 16.2. The Morgan fingerprint density at radius 2 is 1.74 bits per heavy atom. The molecule has 0 saturated carbocycles. The van der Waals surface area contributed by atoms with Gasteiger partial charge in [-0.05, 0) is 24.3 Å². The molecule has 0 aliphatic rings. The van der Waals surface area contributed by atoms with Crippen molar-refractivity contribution in [2.24, 2.45) is 0 Å². The van der Waals surface area contributed by atoms with E-state index in [1.807, 2.05) is 36.4 Å². The Labute approximate surface area is 113 Å². The van der Waals surface area contributed by atoms with Gasteiger partial charge in [-0.1, -0.05) is 36.4 Å². The summed E-state index contributed by atoms with van der Waals surface area (Å²) >= 11 is 0. The second-order valence-electron chi connectivity index (χ2n) is 4.13. The van der Waals surface area contributed by atoms with Crippen molar-refractivity contribution in [1.82, 2.24) is 0 Å². The topological polar surface area (TPSA) is 46.3 Å². The van der Waals surface area contributed by atoms with Gasteiger partial charge in [0.25, 0.3) is 5.91 Å². The lowest BCUT2D eigenvalue weighted by Crippen LogP contribution is -2.31. The molecule has 0 radical (unpaired) electrons. The van der Waals surface area contributed by atoms with Crippen molar-refractivity contribution in [1.29, 1.82) is 0 Å². The van der Waals surface area contributed by atoms with E-state index in [1.165, 1.54) is 0 Å². The maximum atomic E-state index is 12.6. The fourth-order valence-electron chi connectivity index (χ4n) is 1.88. The van der Waals surface area contributed by atoms with Gasteiger partial charge in [0.2, 0.25) is 0 Å². The number of nitrogens with zero attached hydrogens (tertiary/aromatic N) is 1. The standard InChI is InChI=1S/C16H16N2O/c1-2-12-18(13-8-4-3-5-9-13)16(19)14-10-6-7-11-15(14)17/h2-11H,1,12,17H2. The molecule has 19 heavy (non-hydrogen) atoms. The molecule has 0 heterocycles. The molecule has 96 valence electrons. The lowest BCUT2D eigenvalue weighted by molar-refractivity contribution is 0.0990. The van der Waals surface area contributed by atoms with Crippen LogP contribution in [0.5, 0.6) is 0 Å². The van der Waals surface area contributed by atoms with Crippen LogP contribution in [0.4, 0.5) is 11.4 Å². The predicted molar refractivity (Wildman–Crippen MR) is 79.2 cm³/mol. The molecule has 0 aliphatic carbocycles. The molecule has 0 fully saturated rings. The van der Waals surface area contributed by atoms with Gasteiger partial charge in [0.15, 0.2) is 0 Å². The summed E-state index contributed by atoms with van der Waals surface area (Å²) in [5.41, 5.74) is 7.68. The lowest BCUT2D eigenvalue weighted by atomic mass is 10.1. The summed E-state index contributed by atoms with van der Waals surface area (Å²) in [6, 6.07) is 16.6. The van der Waals surface area contributed by atoms with E-state index >= 15 is 0 Å². The summed E-state index contributed by atoms with van der Waals surface area (Å²) in [7, 11) is 0. The van der Waals surface area contributed by atoms with E-state index in [0.29, 0.717) is 17.8 Å². The second-order valence-corrected chi connectivity index (χ2v) is 4.13. The van der Waals surface area contributed by atoms with Crippen molar-refractivity contribution in [3.8, 4) is 0 Å². The SMILES string of the molecule is C=CCN(C(=O)c1ccccc1N)c1ccccc1. The van der Waals surface area contributed by atoms with Crippen molar-refractivity contribution in [3.63, 3.8) is 0 Å². The van der Waals surface area contributed by atoms with Crippen LogP contribution in [-0.4, -0.2) is 12.5 Å². The molecule has 0 bridgehead atoms. The van der Waals surface area contributed by atoms with Crippen LogP contribution in [-0.2, 0) is 0 Å². The van der Waals surface area contributed by atoms with Crippen LogP contribution in [0.3, 0.4) is 0 Å². The zero-order valence-corrected chi connectivity index (χ0v) is 10.6. The number of benzene rings is 2. The van der Waals surface area contributed by atoms with Gasteiger partial charge in [0, 0.05) is 17.9 Å². The van der Waals surface area contributed by atoms with Gasteiger partial charge in [-0.25, -0.2) is 0 Å². The largest absolute Gasteiger partial charge is 0.398 e. The minimum absolute atomic E-state index is 0.121. The Kier molecular flexibility index (Phi) is 3.98. The fourth-order valence-corrected chi connectivity index (χ4v) is 1.88. The van der Waals surface area contributed by atoms with Crippen LogP contribution in [0.1, 0.15) is 10.4 Å². The summed E-state index contributed by atoms with van der Waals surface area (Å²) in [5.74, 6) is -0.121. The molecule has 3 heteroatoms. The van der Waals surface area contributed by atoms with Crippen LogP contribution in [0.2, 0.25) is 0 Å². The van der Waals surface area contributed by atoms with Crippen LogP contribution < -0.4 is 10.6 Å². The van der Waals surface area contributed by atoms with Crippen molar-refractivity contribution >= 4 is 17.3 Å². The van der Waals surface area contributed by atoms with E-state index in [1.54, 1.807) is 29.2 Å². The summed E-state index contributed by atoms with van der Waals surface area (Å²) in [5, 5.41) is 0. The molecule has 2 aromatic carbocycles. The van der Waals surface area contributed by atoms with Crippen molar-refractivity contribution in [2.45, 2.75) is 0 Å². The van der Waals surface area contributed by atoms with Gasteiger partial charge in [0.05, 0.1) is 5.56 Å². The number of hydrogen-bond donors (Lipinski definition) is 1. The molecule has 0 saturated heterocycles. The second kappa shape index (κ2) is 5.87. The maximum Gasteiger partial charge on any atom is 0.260 e. The van der Waals surface area contributed by atoms with Gasteiger partial charge in [-0.2, -0.15) is 0 Å². The lowest BCUT2D eigenvalue weighted by Gasteiger charge is -2.22. The third-order valence-electron chi connectivity index (χ3n) is 2.82. The van der Waals surface area contributed by atoms with Gasteiger partial charge in [0.1, 0.15) is 0 Å². The van der Waals surface area contributed by atoms with Gasteiger partial charge >= 0.3 is 0 Å². The molecule has 1 amide bonds. The van der Waals surface area contributed by atoms with E-state index in [2.05, 4.69) is 6.58 Å². The third-order valence-corrected chi connectivity index (χ3v) is 2.82. The van der Waals surface area contributed by atoms with E-state index < -0.39 is 0 Å². The molecular weight excluding hydrogens is 236 g/mol. The summed E-state index contributed by atoms with van der Waals surface area (Å²) in [6.45, 7) is 4.14. The normalized spacial score (nSPS) is 9.89. The zero-order chi connectivity index (χ0) is 13.7. The third kappa shape index (κ3) is 2.83. The molecule has 2 aromatic rings. The van der Waals surface area contributed by atoms with E-state index in [4.69, 9.17) is 5.73 Å². The zero-order valence-electron chi connectivity index (χ0n) is 10.6. The molecule has 0 aliphatic heterocycles. The number of nitrogens with two attached hydrogens (primary N) is 1. The van der Waals surface area contributed by atoms with Gasteiger partial charge < -0.3 is 10.6 Å². The number of para-hydroxylation sites is 2. The Balaban J connectivity index is 2.38. The average molecular weight is 252 g/mol. The smallest absolute Gasteiger partial charge is 0.260 e. The number of hydrogen-bond acceptors (Lipinski definition) is 2. The first-order valence-electron chi connectivity index (χ1n) is 6.06. The van der Waals surface area contributed by atoms with Crippen molar-refractivity contribution < 1.29 is 4.79 Å². The average Bonchev–Trinajstić information content (AvgIpc) is 2.45. The van der Waals surface area contributed by atoms with Crippen LogP contribution >= 0.6 is 0 Å². The summed E-state index contributed by atoms with van der Waals surface area (Å²) in [6.07, 6.45) is 1.70. The first-order valence-corrected chi connectivity index (χ1v) is 6.06. The van der Waals surface area contributed by atoms with E-state index in [9.17, 15) is 4.79 Å². The Hall–Kier alpha value is -2.55. The Morgan fingerprint density at radius 3 is 2.37 bits per heavy atom. The first-order chi connectivity index (χ1) is 9.24. The number of anilines is 2. The molecule has 0 spiro atoms. The van der Waals surface area contributed by atoms with Crippen LogP contribution in [0.15, 0.2) is 67.3 Å². The monoisotopic (exact) mass is 252 g/mol. The molecule has 2 N–H and O–H groups in total. The Morgan fingerprint density at radius 1 is 1.11 bits per heavy atom. The number of carbonyl (C=O) groups excluding carboxylic acids is 1. The predicted octanol–water partition coefficient (Wildman–Crippen LogP) is 3.10. The Bertz CT molecular complexity index is 578. The highest BCUT2D eigenvalue weighted by Gasteiger charge is 2.17. The summed E-state index contributed by atoms with van der Waals surface area (Å²) < 4.78 is 0. The highest BCUT2D eigenvalue weighted by Crippen LogP contribution is 2.19. The van der Waals surface area contributed by atoms with Gasteiger partial charge in [-0.15, -0.1) is 6.58 Å². The highest BCUT2D eigenvalue weighted by molar-refractivity contribution is 6.09. The molecule has 0 unspecified atom stereocenters. The van der Waals surface area contributed by atoms with E-state index in [0.717, 1.165) is 5.69 Å². The van der Waals surface area contributed by atoms with E-state index in [-0.39, 0.29) is 5.91 Å². The minimum Gasteiger partial charge on any atom is -0.398 e. The maximum absolute atomic E-state index is 12.6. The quantitative estimate of drug-likeness (QED) is 0.671.